The summed E-state index contributed by atoms with van der Waals surface area (Å²) in [7, 11) is 0. The van der Waals surface area contributed by atoms with Gasteiger partial charge < -0.3 is 20.6 Å². The van der Waals surface area contributed by atoms with Gasteiger partial charge in [-0.05, 0) is 55.2 Å². The minimum atomic E-state index is -0.962. The molecule has 1 aliphatic heterocycles. The first-order valence-electron chi connectivity index (χ1n) is 13.2. The molecule has 4 heterocycles. The second-order valence-corrected chi connectivity index (χ2v) is 9.89. The second kappa shape index (κ2) is 9.70. The van der Waals surface area contributed by atoms with Crippen LogP contribution in [0.2, 0.25) is 0 Å². The van der Waals surface area contributed by atoms with Crippen LogP contribution in [0.1, 0.15) is 31.0 Å². The highest BCUT2D eigenvalue weighted by Gasteiger charge is 2.37. The molecule has 0 radical (unpaired) electrons. The number of pyridine rings is 1. The summed E-state index contributed by atoms with van der Waals surface area (Å²) in [6.07, 6.45) is 5.21. The molecule has 1 saturated heterocycles. The number of aryl methyl sites for hydroxylation is 1. The quantitative estimate of drug-likeness (QED) is 0.324. The molecule has 38 heavy (non-hydrogen) atoms. The zero-order chi connectivity index (χ0) is 26.3. The number of rotatable bonds is 7. The number of hydrogen-bond donors (Lipinski definition) is 3. The van der Waals surface area contributed by atoms with Gasteiger partial charge in [0.25, 0.3) is 5.56 Å². The van der Waals surface area contributed by atoms with Gasteiger partial charge in [0, 0.05) is 43.8 Å². The molecule has 1 fully saturated rings. The van der Waals surface area contributed by atoms with E-state index in [0.29, 0.717) is 41.3 Å². The van der Waals surface area contributed by atoms with Crippen molar-refractivity contribution >= 4 is 28.4 Å². The maximum atomic E-state index is 13.3. The number of fused-ring (bicyclic) bond motifs is 2. The molecule has 0 spiro atoms. The lowest BCUT2D eigenvalue weighted by atomic mass is 9.98. The lowest BCUT2D eigenvalue weighted by molar-refractivity contribution is 0.0306. The van der Waals surface area contributed by atoms with E-state index in [0.717, 1.165) is 43.9 Å². The van der Waals surface area contributed by atoms with Crippen molar-refractivity contribution in [3.8, 4) is 5.82 Å². The van der Waals surface area contributed by atoms with E-state index in [1.165, 1.54) is 5.69 Å². The van der Waals surface area contributed by atoms with Gasteiger partial charge in [-0.3, -0.25) is 4.79 Å². The SMILES string of the molecule is C=CCn1c(=O)c2cnc(Nc3ccc(N4CCNCC4)cc3)nc2n1-c1ccc2c(n1)[C@@](O)(CC)CC2. The molecule has 0 saturated carbocycles. The van der Waals surface area contributed by atoms with Crippen LogP contribution >= 0.6 is 0 Å². The third-order valence-corrected chi connectivity index (χ3v) is 7.60. The van der Waals surface area contributed by atoms with E-state index in [-0.39, 0.29) is 12.1 Å². The van der Waals surface area contributed by atoms with Crippen LogP contribution in [-0.2, 0) is 18.6 Å². The molecule has 0 bridgehead atoms. The number of piperazine rings is 1. The van der Waals surface area contributed by atoms with Crippen molar-refractivity contribution in [3.63, 3.8) is 0 Å². The summed E-state index contributed by atoms with van der Waals surface area (Å²) in [5.41, 5.74) is 3.00. The van der Waals surface area contributed by atoms with Gasteiger partial charge in [0.2, 0.25) is 5.95 Å². The first-order chi connectivity index (χ1) is 18.5. The Balaban J connectivity index is 1.38. The Morgan fingerprint density at radius 1 is 1.16 bits per heavy atom. The number of aromatic nitrogens is 5. The number of allylic oxidation sites excluding steroid dienone is 1. The first-order valence-corrected chi connectivity index (χ1v) is 13.2. The van der Waals surface area contributed by atoms with Gasteiger partial charge in [0.15, 0.2) is 11.5 Å². The highest BCUT2D eigenvalue weighted by Crippen LogP contribution is 2.38. The number of aliphatic hydroxyl groups is 1. The van der Waals surface area contributed by atoms with E-state index >= 15 is 0 Å². The van der Waals surface area contributed by atoms with Crippen LogP contribution in [-0.4, -0.2) is 55.6 Å². The van der Waals surface area contributed by atoms with Crippen LogP contribution in [0.25, 0.3) is 16.9 Å². The van der Waals surface area contributed by atoms with Gasteiger partial charge in [-0.1, -0.05) is 19.1 Å². The Morgan fingerprint density at radius 2 is 1.95 bits per heavy atom. The third kappa shape index (κ3) is 4.15. The van der Waals surface area contributed by atoms with Crippen molar-refractivity contribution in [2.45, 2.75) is 38.3 Å². The normalized spacial score (nSPS) is 19.1. The van der Waals surface area contributed by atoms with E-state index in [9.17, 15) is 9.90 Å². The van der Waals surface area contributed by atoms with Crippen LogP contribution in [0, 0.1) is 0 Å². The lowest BCUT2D eigenvalue weighted by Crippen LogP contribution is -2.43. The van der Waals surface area contributed by atoms with Gasteiger partial charge in [0.05, 0.1) is 12.2 Å². The highest BCUT2D eigenvalue weighted by atomic mass is 16.3. The van der Waals surface area contributed by atoms with Gasteiger partial charge in [-0.2, -0.15) is 4.98 Å². The number of nitrogens with one attached hydrogen (secondary N) is 2. The Labute approximate surface area is 220 Å². The molecule has 10 heteroatoms. The Morgan fingerprint density at radius 3 is 2.68 bits per heavy atom. The van der Waals surface area contributed by atoms with Crippen LogP contribution in [0.4, 0.5) is 17.3 Å². The Bertz CT molecular complexity index is 1550. The highest BCUT2D eigenvalue weighted by molar-refractivity contribution is 5.77. The molecule has 0 unspecified atom stereocenters. The molecule has 4 aromatic rings. The standard InChI is InChI=1S/C28H32N8O2/c1-3-15-35-26(37)22-18-30-27(31-20-6-8-21(9-7-20)34-16-13-29-14-17-34)33-25(22)36(35)23-10-5-19-11-12-28(38,4-2)24(19)32-23/h3,5-10,18,29,38H,1,4,11-17H2,2H3,(H,30,31,33)/t28-/m1/s1. The fourth-order valence-corrected chi connectivity index (χ4v) is 5.42. The summed E-state index contributed by atoms with van der Waals surface area (Å²) in [5, 5.41) is 18.2. The third-order valence-electron chi connectivity index (χ3n) is 7.60. The van der Waals surface area contributed by atoms with E-state index in [1.54, 1.807) is 21.6 Å². The summed E-state index contributed by atoms with van der Waals surface area (Å²) < 4.78 is 3.25. The molecule has 1 aromatic carbocycles. The molecule has 1 aliphatic carbocycles. The minimum absolute atomic E-state index is 0.222. The summed E-state index contributed by atoms with van der Waals surface area (Å²) in [5.74, 6) is 0.902. The first kappa shape index (κ1) is 24.3. The van der Waals surface area contributed by atoms with E-state index < -0.39 is 5.60 Å². The maximum Gasteiger partial charge on any atom is 0.278 e. The molecule has 196 valence electrons. The summed E-state index contributed by atoms with van der Waals surface area (Å²) in [4.78, 5) is 29.7. The molecule has 10 nitrogen and oxygen atoms in total. The van der Waals surface area contributed by atoms with Gasteiger partial charge >= 0.3 is 0 Å². The van der Waals surface area contributed by atoms with Crippen molar-refractivity contribution < 1.29 is 5.11 Å². The zero-order valence-electron chi connectivity index (χ0n) is 21.5. The van der Waals surface area contributed by atoms with Gasteiger partial charge in [-0.15, -0.1) is 6.58 Å². The number of nitrogens with zero attached hydrogens (tertiary/aromatic N) is 6. The Kier molecular flexibility index (Phi) is 6.21. The van der Waals surface area contributed by atoms with E-state index in [1.807, 2.05) is 31.2 Å². The molecule has 3 aromatic heterocycles. The minimum Gasteiger partial charge on any atom is -0.384 e. The largest absolute Gasteiger partial charge is 0.384 e. The zero-order valence-corrected chi connectivity index (χ0v) is 21.5. The molecular formula is C28H32N8O2. The topological polar surface area (TPSA) is 113 Å². The molecule has 1 atom stereocenters. The Hall–Kier alpha value is -4.02. The fourth-order valence-electron chi connectivity index (χ4n) is 5.42. The monoisotopic (exact) mass is 512 g/mol. The van der Waals surface area contributed by atoms with Gasteiger partial charge in [-0.25, -0.2) is 19.3 Å². The van der Waals surface area contributed by atoms with Crippen LogP contribution in [0.15, 0.2) is 60.0 Å². The number of benzene rings is 1. The predicted molar refractivity (Wildman–Crippen MR) is 148 cm³/mol. The van der Waals surface area contributed by atoms with Crippen molar-refractivity contribution in [2.24, 2.45) is 0 Å². The molecular weight excluding hydrogens is 480 g/mol. The molecule has 3 N–H and O–H groups in total. The van der Waals surface area contributed by atoms with Crippen LogP contribution < -0.4 is 21.1 Å². The second-order valence-electron chi connectivity index (χ2n) is 9.89. The van der Waals surface area contributed by atoms with Crippen molar-refractivity contribution in [3.05, 3.63) is 76.9 Å². The van der Waals surface area contributed by atoms with Crippen LogP contribution in [0.3, 0.4) is 0 Å². The number of hydrogen-bond acceptors (Lipinski definition) is 8. The molecule has 2 aliphatic rings. The number of anilines is 3. The van der Waals surface area contributed by atoms with Crippen molar-refractivity contribution in [1.29, 1.82) is 0 Å². The van der Waals surface area contributed by atoms with Crippen molar-refractivity contribution in [1.82, 2.24) is 29.6 Å². The van der Waals surface area contributed by atoms with E-state index in [2.05, 4.69) is 39.2 Å². The lowest BCUT2D eigenvalue weighted by Gasteiger charge is -2.29. The maximum absolute atomic E-state index is 13.3. The average molecular weight is 513 g/mol. The summed E-state index contributed by atoms with van der Waals surface area (Å²) >= 11 is 0. The van der Waals surface area contributed by atoms with Crippen molar-refractivity contribution in [2.75, 3.05) is 36.4 Å². The smallest absolute Gasteiger partial charge is 0.278 e. The van der Waals surface area contributed by atoms with E-state index in [4.69, 9.17) is 9.97 Å². The summed E-state index contributed by atoms with van der Waals surface area (Å²) in [6, 6.07) is 12.1. The molecule has 6 rings (SSSR count). The molecule has 0 amide bonds. The van der Waals surface area contributed by atoms with Gasteiger partial charge in [0.1, 0.15) is 11.0 Å². The average Bonchev–Trinajstić information content (AvgIpc) is 3.43. The predicted octanol–water partition coefficient (Wildman–Crippen LogP) is 2.86. The summed E-state index contributed by atoms with van der Waals surface area (Å²) in [6.45, 7) is 10.0. The fraction of sp³-hybridized carbons (Fsp3) is 0.357. The van der Waals surface area contributed by atoms with Crippen LogP contribution in [0.5, 0.6) is 0 Å².